The molecule has 34 heavy (non-hydrogen) atoms. The van der Waals surface area contributed by atoms with E-state index in [4.69, 9.17) is 0 Å². The lowest BCUT2D eigenvalue weighted by atomic mass is 10.0. The van der Waals surface area contributed by atoms with Crippen LogP contribution in [0.4, 0.5) is 0 Å². The summed E-state index contributed by atoms with van der Waals surface area (Å²) >= 11 is 0. The molecule has 0 bridgehead atoms. The van der Waals surface area contributed by atoms with E-state index in [0.29, 0.717) is 12.0 Å². The standard InChI is InChI=1S/C14H22N2O.C11H15NO.2C2H6.2H2/c1-15-14(17)12-7-3-4-8-13(11-12)16-9-5-2-6-10-16;1-7(2)12-11(13)9-4-3-8-5-10(8)6-9;2*1-2;;/h3-4,11,13H,2,5-10H2,1H3,(H,15,17);3-4,6-8,10H,5H2,1-2H3,(H,12,13);2*1-2H3;2*1H. The molecule has 4 aliphatic rings. The van der Waals surface area contributed by atoms with Crippen molar-refractivity contribution < 1.29 is 12.4 Å². The highest BCUT2D eigenvalue weighted by Gasteiger charge is 2.35. The molecule has 1 saturated heterocycles. The molecular formula is C29H53N3O2. The fourth-order valence-electron chi connectivity index (χ4n) is 4.31. The molecule has 1 heterocycles. The van der Waals surface area contributed by atoms with Gasteiger partial charge < -0.3 is 10.6 Å². The minimum absolute atomic E-state index is 0. The second kappa shape index (κ2) is 16.5. The molecular weight excluding hydrogens is 422 g/mol. The number of allylic oxidation sites excluding steroid dienone is 3. The minimum Gasteiger partial charge on any atom is -0.355 e. The number of amides is 2. The van der Waals surface area contributed by atoms with Gasteiger partial charge in [-0.1, -0.05) is 70.6 Å². The Morgan fingerprint density at radius 1 is 0.971 bits per heavy atom. The van der Waals surface area contributed by atoms with Gasteiger partial charge in [-0.3, -0.25) is 14.5 Å². The first-order chi connectivity index (χ1) is 16.5. The summed E-state index contributed by atoms with van der Waals surface area (Å²) in [6.45, 7) is 14.3. The third kappa shape index (κ3) is 10.0. The van der Waals surface area contributed by atoms with Gasteiger partial charge in [0.15, 0.2) is 0 Å². The first kappa shape index (κ1) is 29.9. The summed E-state index contributed by atoms with van der Waals surface area (Å²) in [5, 5.41) is 5.62. The lowest BCUT2D eigenvalue weighted by molar-refractivity contribution is -0.118. The highest BCUT2D eigenvalue weighted by Crippen LogP contribution is 2.44. The maximum absolute atomic E-state index is 11.7. The third-order valence-corrected chi connectivity index (χ3v) is 6.14. The summed E-state index contributed by atoms with van der Waals surface area (Å²) < 4.78 is 0. The lowest BCUT2D eigenvalue weighted by Gasteiger charge is -2.32. The predicted molar refractivity (Wildman–Crippen MR) is 149 cm³/mol. The van der Waals surface area contributed by atoms with E-state index in [9.17, 15) is 9.59 Å². The molecule has 196 valence electrons. The Balaban J connectivity index is 0. The number of carbonyl (C=O) groups excluding carboxylic acids is 2. The van der Waals surface area contributed by atoms with E-state index in [-0.39, 0.29) is 20.7 Å². The molecule has 2 fully saturated rings. The Morgan fingerprint density at radius 2 is 1.65 bits per heavy atom. The van der Waals surface area contributed by atoms with Crippen LogP contribution in [0.25, 0.3) is 0 Å². The second-order valence-electron chi connectivity index (χ2n) is 9.02. The maximum Gasteiger partial charge on any atom is 0.251 e. The smallest absolute Gasteiger partial charge is 0.251 e. The third-order valence-electron chi connectivity index (χ3n) is 6.14. The van der Waals surface area contributed by atoms with Gasteiger partial charge in [-0.2, -0.15) is 0 Å². The zero-order chi connectivity index (χ0) is 25.5. The molecule has 3 atom stereocenters. The van der Waals surface area contributed by atoms with Crippen LogP contribution in [0, 0.1) is 11.8 Å². The Labute approximate surface area is 211 Å². The van der Waals surface area contributed by atoms with Crippen LogP contribution in [-0.4, -0.2) is 48.9 Å². The first-order valence-corrected chi connectivity index (χ1v) is 13.5. The van der Waals surface area contributed by atoms with E-state index in [2.05, 4.69) is 45.9 Å². The number of likely N-dealkylation sites (tertiary alicyclic amines) is 1. The van der Waals surface area contributed by atoms with E-state index in [0.717, 1.165) is 29.9 Å². The normalized spacial score (nSPS) is 24.8. The molecule has 0 radical (unpaired) electrons. The quantitative estimate of drug-likeness (QED) is 0.487. The number of likely N-dealkylation sites (N-methyl/N-ethyl adjacent to an activating group) is 1. The van der Waals surface area contributed by atoms with Crippen molar-refractivity contribution in [3.8, 4) is 0 Å². The number of rotatable bonds is 4. The Hall–Kier alpha value is -2.14. The summed E-state index contributed by atoms with van der Waals surface area (Å²) in [6.07, 6.45) is 19.7. The molecule has 0 aromatic carbocycles. The summed E-state index contributed by atoms with van der Waals surface area (Å²) in [5.74, 6) is 1.52. The van der Waals surface area contributed by atoms with E-state index in [1.165, 1.54) is 38.8 Å². The zero-order valence-electron chi connectivity index (χ0n) is 22.7. The number of hydrogen-bond acceptors (Lipinski definition) is 3. The van der Waals surface area contributed by atoms with Gasteiger partial charge in [-0.25, -0.2) is 0 Å². The molecule has 3 aliphatic carbocycles. The summed E-state index contributed by atoms with van der Waals surface area (Å²) in [4.78, 5) is 25.8. The molecule has 0 aromatic heterocycles. The second-order valence-corrected chi connectivity index (χ2v) is 9.02. The number of carbonyl (C=O) groups is 2. The van der Waals surface area contributed by atoms with Crippen molar-refractivity contribution in [2.24, 2.45) is 11.8 Å². The van der Waals surface area contributed by atoms with Crippen molar-refractivity contribution in [3.05, 3.63) is 47.6 Å². The van der Waals surface area contributed by atoms with E-state index in [1.807, 2.05) is 47.6 Å². The van der Waals surface area contributed by atoms with E-state index < -0.39 is 0 Å². The molecule has 3 unspecified atom stereocenters. The van der Waals surface area contributed by atoms with Crippen molar-refractivity contribution >= 4 is 11.8 Å². The molecule has 5 nitrogen and oxygen atoms in total. The van der Waals surface area contributed by atoms with Gasteiger partial charge in [0.05, 0.1) is 0 Å². The predicted octanol–water partition coefficient (Wildman–Crippen LogP) is 6.05. The summed E-state index contributed by atoms with van der Waals surface area (Å²) in [6, 6.07) is 0.639. The Kier molecular flexibility index (Phi) is 14.5. The monoisotopic (exact) mass is 475 g/mol. The van der Waals surface area contributed by atoms with Crippen molar-refractivity contribution in [2.45, 2.75) is 92.2 Å². The van der Waals surface area contributed by atoms with Crippen LogP contribution in [0.15, 0.2) is 47.6 Å². The van der Waals surface area contributed by atoms with Gasteiger partial charge in [0.2, 0.25) is 5.91 Å². The number of hydrogen-bond donors (Lipinski definition) is 2. The van der Waals surface area contributed by atoms with Crippen molar-refractivity contribution in [1.82, 2.24) is 15.5 Å². The fraction of sp³-hybridized carbons (Fsp3) is 0.655. The van der Waals surface area contributed by atoms with Gasteiger partial charge in [-0.15, -0.1) is 0 Å². The van der Waals surface area contributed by atoms with Crippen LogP contribution in [0.5, 0.6) is 0 Å². The lowest BCUT2D eigenvalue weighted by Crippen LogP contribution is -2.38. The van der Waals surface area contributed by atoms with Crippen molar-refractivity contribution in [2.75, 3.05) is 20.1 Å². The number of fused-ring (bicyclic) bond motifs is 1. The maximum atomic E-state index is 11.7. The molecule has 0 spiro atoms. The summed E-state index contributed by atoms with van der Waals surface area (Å²) in [5.41, 5.74) is 1.75. The minimum atomic E-state index is 0. The average Bonchev–Trinajstić information content (AvgIpc) is 3.69. The van der Waals surface area contributed by atoms with Crippen LogP contribution in [0.3, 0.4) is 0 Å². The highest BCUT2D eigenvalue weighted by molar-refractivity contribution is 5.96. The van der Waals surface area contributed by atoms with E-state index in [1.54, 1.807) is 7.05 Å². The molecule has 0 aromatic rings. The largest absolute Gasteiger partial charge is 0.355 e. The number of nitrogens with one attached hydrogen (secondary N) is 2. The highest BCUT2D eigenvalue weighted by atomic mass is 16.2. The topological polar surface area (TPSA) is 61.4 Å². The number of piperidine rings is 1. The SMILES string of the molecule is CC.CC.CC(C)NC(=O)C1=CC2CC2C=C1.CNC(=O)C1=CC(N2CCCCC2)CC=CC1.[HH].[HH]. The van der Waals surface area contributed by atoms with Gasteiger partial charge >= 0.3 is 0 Å². The average molecular weight is 476 g/mol. The number of nitrogens with zero attached hydrogens (tertiary/aromatic N) is 1. The molecule has 4 rings (SSSR count). The van der Waals surface area contributed by atoms with Crippen molar-refractivity contribution in [3.63, 3.8) is 0 Å². The van der Waals surface area contributed by atoms with Crippen LogP contribution in [0.2, 0.25) is 0 Å². The van der Waals surface area contributed by atoms with Crippen LogP contribution < -0.4 is 10.6 Å². The Bertz CT molecular complexity index is 754. The fourth-order valence-corrected chi connectivity index (χ4v) is 4.31. The van der Waals surface area contributed by atoms with Crippen LogP contribution >= 0.6 is 0 Å². The van der Waals surface area contributed by atoms with Crippen LogP contribution in [0.1, 0.15) is 82.9 Å². The van der Waals surface area contributed by atoms with Gasteiger partial charge in [-0.05, 0) is 70.9 Å². The van der Waals surface area contributed by atoms with Crippen LogP contribution in [-0.2, 0) is 9.59 Å². The molecule has 2 amide bonds. The molecule has 5 heteroatoms. The van der Waals surface area contributed by atoms with Crippen molar-refractivity contribution in [1.29, 1.82) is 0 Å². The van der Waals surface area contributed by atoms with E-state index >= 15 is 0 Å². The van der Waals surface area contributed by atoms with Gasteiger partial charge in [0.25, 0.3) is 5.91 Å². The first-order valence-electron chi connectivity index (χ1n) is 13.5. The molecule has 1 saturated carbocycles. The molecule has 1 aliphatic heterocycles. The summed E-state index contributed by atoms with van der Waals surface area (Å²) in [7, 11) is 1.70. The van der Waals surface area contributed by atoms with Gasteiger partial charge in [0.1, 0.15) is 0 Å². The Morgan fingerprint density at radius 3 is 2.24 bits per heavy atom. The zero-order valence-corrected chi connectivity index (χ0v) is 22.7. The molecule has 2 N–H and O–H groups in total. The van der Waals surface area contributed by atoms with Gasteiger partial charge in [0, 0.05) is 33.1 Å².